The van der Waals surface area contributed by atoms with Crippen LogP contribution in [-0.4, -0.2) is 83.8 Å². The van der Waals surface area contributed by atoms with Gasteiger partial charge in [0.1, 0.15) is 53.9 Å². The van der Waals surface area contributed by atoms with E-state index in [2.05, 4.69) is 0 Å². The molecule has 12 atom stereocenters. The average molecular weight is 721 g/mol. The van der Waals surface area contributed by atoms with E-state index >= 15 is 0 Å². The molecule has 2 aromatic carbocycles. The van der Waals surface area contributed by atoms with Gasteiger partial charge in [0.2, 0.25) is 0 Å². The third kappa shape index (κ3) is 6.71. The van der Waals surface area contributed by atoms with Crippen molar-refractivity contribution in [2.45, 2.75) is 122 Å². The number of ether oxygens (including phenoxy) is 7. The lowest BCUT2D eigenvalue weighted by molar-refractivity contribution is -0.190. The van der Waals surface area contributed by atoms with Gasteiger partial charge in [-0.2, -0.15) is 0 Å². The Kier molecular flexibility index (Phi) is 10.0. The number of benzene rings is 2. The largest absolute Gasteiger partial charge is 0.462 e. The Morgan fingerprint density at radius 3 is 1.71 bits per heavy atom. The van der Waals surface area contributed by atoms with Crippen LogP contribution in [0.15, 0.2) is 60.7 Å². The molecule has 12 nitrogen and oxygen atoms in total. The second-order valence-electron chi connectivity index (χ2n) is 15.5. The Balaban J connectivity index is 1.53. The molecule has 280 valence electrons. The molecule has 0 aromatic heterocycles. The van der Waals surface area contributed by atoms with Gasteiger partial charge in [-0.15, -0.1) is 0 Å². The maximum absolute atomic E-state index is 13.9. The van der Waals surface area contributed by atoms with Gasteiger partial charge in [0.15, 0.2) is 0 Å². The van der Waals surface area contributed by atoms with E-state index in [0.717, 1.165) is 0 Å². The van der Waals surface area contributed by atoms with Crippen molar-refractivity contribution < 1.29 is 57.1 Å². The lowest BCUT2D eigenvalue weighted by Gasteiger charge is -2.43. The van der Waals surface area contributed by atoms with Gasteiger partial charge in [-0.1, -0.05) is 64.1 Å². The molecule has 4 fully saturated rings. The highest BCUT2D eigenvalue weighted by molar-refractivity contribution is 5.90. The smallest absolute Gasteiger partial charge is 0.338 e. The van der Waals surface area contributed by atoms with Crippen molar-refractivity contribution in [2.75, 3.05) is 0 Å². The minimum Gasteiger partial charge on any atom is -0.462 e. The van der Waals surface area contributed by atoms with Crippen LogP contribution in [-0.2, 0) is 47.5 Å². The quantitative estimate of drug-likeness (QED) is 0.209. The molecule has 0 amide bonds. The molecule has 0 radical (unpaired) electrons. The Morgan fingerprint density at radius 1 is 0.654 bits per heavy atom. The summed E-state index contributed by atoms with van der Waals surface area (Å²) < 4.78 is 44.7. The first kappa shape index (κ1) is 37.5. The fourth-order valence-corrected chi connectivity index (χ4v) is 8.98. The van der Waals surface area contributed by atoms with E-state index in [1.54, 1.807) is 81.4 Å². The molecule has 12 heteroatoms. The van der Waals surface area contributed by atoms with Crippen LogP contribution < -0.4 is 0 Å². The maximum Gasteiger partial charge on any atom is 0.338 e. The van der Waals surface area contributed by atoms with Crippen LogP contribution in [0.3, 0.4) is 0 Å². The van der Waals surface area contributed by atoms with E-state index in [0.29, 0.717) is 17.5 Å². The van der Waals surface area contributed by atoms with Crippen molar-refractivity contribution >= 4 is 29.8 Å². The lowest BCUT2D eigenvalue weighted by atomic mass is 9.70. The summed E-state index contributed by atoms with van der Waals surface area (Å²) in [4.78, 5) is 65.8. The minimum absolute atomic E-state index is 0.00321. The highest BCUT2D eigenvalue weighted by atomic mass is 16.7. The Hall–Kier alpha value is -4.29. The standard InChI is InChI=1S/C40H48O12/c1-21-20-40-30(31(21)49-36(44)26-15-11-9-12-16-26)34-39(8,52-34)29(47-24(4)42)19-28(46-23(3)41)38(6,7)35(50-37(45)27-17-13-10-14-18-27)32(51-40)22(2)33(40)48-25(5)43/h9-18,21-22,28-35H,19-20H2,1-8H3. The Morgan fingerprint density at radius 2 is 1.17 bits per heavy atom. The lowest BCUT2D eigenvalue weighted by Crippen LogP contribution is -2.54. The molecule has 2 aromatic rings. The molecule has 1 spiro atoms. The third-order valence-electron chi connectivity index (χ3n) is 11.5. The van der Waals surface area contributed by atoms with Crippen LogP contribution in [0.1, 0.15) is 88.9 Å². The van der Waals surface area contributed by atoms with Crippen LogP contribution in [0.2, 0.25) is 0 Å². The van der Waals surface area contributed by atoms with Crippen LogP contribution in [0.4, 0.5) is 0 Å². The molecule has 1 aliphatic carbocycles. The summed E-state index contributed by atoms with van der Waals surface area (Å²) >= 11 is 0. The molecular formula is C40H48O12. The summed E-state index contributed by atoms with van der Waals surface area (Å²) in [6, 6.07) is 17.1. The molecule has 12 unspecified atom stereocenters. The van der Waals surface area contributed by atoms with Gasteiger partial charge in [0.25, 0.3) is 0 Å². The fourth-order valence-electron chi connectivity index (χ4n) is 8.98. The van der Waals surface area contributed by atoms with E-state index in [4.69, 9.17) is 33.2 Å². The van der Waals surface area contributed by atoms with Crippen molar-refractivity contribution in [3.63, 3.8) is 0 Å². The molecule has 2 bridgehead atoms. The molecule has 6 rings (SSSR count). The highest BCUT2D eigenvalue weighted by Crippen LogP contribution is 2.63. The van der Waals surface area contributed by atoms with Gasteiger partial charge >= 0.3 is 29.8 Å². The van der Waals surface area contributed by atoms with E-state index in [9.17, 15) is 24.0 Å². The zero-order valence-corrected chi connectivity index (χ0v) is 30.9. The van der Waals surface area contributed by atoms with Crippen LogP contribution in [0.5, 0.6) is 0 Å². The first-order valence-electron chi connectivity index (χ1n) is 17.9. The van der Waals surface area contributed by atoms with E-state index in [1.165, 1.54) is 20.8 Å². The molecule has 3 aliphatic heterocycles. The highest BCUT2D eigenvalue weighted by Gasteiger charge is 2.77. The summed E-state index contributed by atoms with van der Waals surface area (Å²) in [7, 11) is 0. The van der Waals surface area contributed by atoms with E-state index < -0.39 is 101 Å². The summed E-state index contributed by atoms with van der Waals surface area (Å²) in [6.45, 7) is 13.1. The molecule has 3 saturated heterocycles. The molecular weight excluding hydrogens is 672 g/mol. The molecule has 52 heavy (non-hydrogen) atoms. The summed E-state index contributed by atoms with van der Waals surface area (Å²) in [5, 5.41) is 0. The van der Waals surface area contributed by atoms with Gasteiger partial charge in [0, 0.05) is 38.5 Å². The Labute approximate surface area is 303 Å². The van der Waals surface area contributed by atoms with Gasteiger partial charge in [-0.3, -0.25) is 14.4 Å². The van der Waals surface area contributed by atoms with Gasteiger partial charge in [-0.05, 0) is 43.5 Å². The zero-order valence-electron chi connectivity index (χ0n) is 30.9. The van der Waals surface area contributed by atoms with Gasteiger partial charge < -0.3 is 33.2 Å². The number of carbonyl (C=O) groups excluding carboxylic acids is 5. The number of fused-ring (bicyclic) bond motifs is 3. The number of hydrogen-bond donors (Lipinski definition) is 0. The monoisotopic (exact) mass is 720 g/mol. The van der Waals surface area contributed by atoms with Crippen LogP contribution in [0, 0.1) is 23.2 Å². The van der Waals surface area contributed by atoms with Crippen molar-refractivity contribution in [3.8, 4) is 0 Å². The number of esters is 5. The Bertz CT molecular complexity index is 1690. The predicted molar refractivity (Wildman–Crippen MR) is 184 cm³/mol. The number of carbonyl (C=O) groups is 5. The maximum atomic E-state index is 13.9. The zero-order chi connectivity index (χ0) is 37.7. The SMILES string of the molecule is CC(=O)OC1CC(OC(C)=O)C2(C)OC2C2C(OC(=O)c3ccccc3)C(C)CC23OC(C(C)C3OC(C)=O)C(OC(=O)c2ccccc2)C1(C)C. The fraction of sp³-hybridized carbons (Fsp3) is 0.575. The molecule has 3 heterocycles. The van der Waals surface area contributed by atoms with E-state index in [1.807, 2.05) is 13.8 Å². The van der Waals surface area contributed by atoms with Crippen molar-refractivity contribution in [1.29, 1.82) is 0 Å². The molecule has 0 N–H and O–H groups in total. The summed E-state index contributed by atoms with van der Waals surface area (Å²) in [5.74, 6) is -4.48. The second kappa shape index (κ2) is 13.9. The van der Waals surface area contributed by atoms with E-state index in [-0.39, 0.29) is 12.3 Å². The van der Waals surface area contributed by atoms with Crippen molar-refractivity contribution in [1.82, 2.24) is 0 Å². The van der Waals surface area contributed by atoms with Crippen LogP contribution >= 0.6 is 0 Å². The van der Waals surface area contributed by atoms with Crippen LogP contribution in [0.25, 0.3) is 0 Å². The predicted octanol–water partition coefficient (Wildman–Crippen LogP) is 5.25. The first-order chi connectivity index (χ1) is 24.5. The van der Waals surface area contributed by atoms with Gasteiger partial charge in [-0.25, -0.2) is 9.59 Å². The minimum atomic E-state index is -1.30. The summed E-state index contributed by atoms with van der Waals surface area (Å²) in [5.41, 5.74) is -2.98. The van der Waals surface area contributed by atoms with Crippen molar-refractivity contribution in [3.05, 3.63) is 71.8 Å². The number of rotatable bonds is 7. The number of hydrogen-bond acceptors (Lipinski definition) is 12. The summed E-state index contributed by atoms with van der Waals surface area (Å²) in [6.07, 6.45) is -6.03. The van der Waals surface area contributed by atoms with Crippen molar-refractivity contribution in [2.24, 2.45) is 23.2 Å². The first-order valence-corrected chi connectivity index (χ1v) is 17.9. The normalized spacial score (nSPS) is 37.2. The third-order valence-corrected chi connectivity index (χ3v) is 11.5. The second-order valence-corrected chi connectivity index (χ2v) is 15.5. The average Bonchev–Trinajstić information content (AvgIpc) is 3.60. The van der Waals surface area contributed by atoms with Gasteiger partial charge in [0.05, 0.1) is 17.0 Å². The number of epoxide rings is 1. The molecule has 4 aliphatic rings. The topological polar surface area (TPSA) is 153 Å². The molecule has 1 saturated carbocycles.